The largest absolute Gasteiger partial charge is 0.489 e. The highest BCUT2D eigenvalue weighted by atomic mass is 35.5. The molecule has 18 heavy (non-hydrogen) atoms. The monoisotopic (exact) mass is 269 g/mol. The van der Waals surface area contributed by atoms with Gasteiger partial charge in [-0.25, -0.2) is 4.79 Å². The highest BCUT2D eigenvalue weighted by molar-refractivity contribution is 6.31. The van der Waals surface area contributed by atoms with Crippen molar-refractivity contribution in [3.63, 3.8) is 0 Å². The van der Waals surface area contributed by atoms with Crippen molar-refractivity contribution in [2.45, 2.75) is 6.92 Å². The van der Waals surface area contributed by atoms with Gasteiger partial charge >= 0.3 is 5.69 Å². The predicted molar refractivity (Wildman–Crippen MR) is 68.1 cm³/mol. The summed E-state index contributed by atoms with van der Waals surface area (Å²) in [7, 11) is 0. The van der Waals surface area contributed by atoms with Gasteiger partial charge in [-0.15, -0.1) is 0 Å². The first-order valence-electron chi connectivity index (χ1n) is 5.35. The summed E-state index contributed by atoms with van der Waals surface area (Å²) in [6, 6.07) is 3.25. The number of aromatic amines is 2. The number of nitrogens with one attached hydrogen (secondary N) is 3. The van der Waals surface area contributed by atoms with Gasteiger partial charge in [-0.3, -0.25) is 4.79 Å². The number of halogens is 1. The molecule has 0 aliphatic rings. The summed E-state index contributed by atoms with van der Waals surface area (Å²) >= 11 is 5.91. The number of benzene rings is 1. The molecule has 0 atom stereocenters. The first-order valence-corrected chi connectivity index (χ1v) is 5.73. The van der Waals surface area contributed by atoms with Gasteiger partial charge in [0.2, 0.25) is 5.91 Å². The summed E-state index contributed by atoms with van der Waals surface area (Å²) in [5, 5.41) is 3.07. The Balaban J connectivity index is 2.16. The van der Waals surface area contributed by atoms with Gasteiger partial charge in [-0.05, 0) is 6.07 Å². The quantitative estimate of drug-likeness (QED) is 0.725. The van der Waals surface area contributed by atoms with E-state index in [0.29, 0.717) is 35.0 Å². The van der Waals surface area contributed by atoms with Crippen LogP contribution in [0.2, 0.25) is 5.02 Å². The molecule has 0 saturated heterocycles. The van der Waals surface area contributed by atoms with E-state index in [4.69, 9.17) is 16.3 Å². The number of ether oxygens (including phenoxy) is 1. The fraction of sp³-hybridized carbons (Fsp3) is 0.273. The standard InChI is InChI=1S/C11H12ClN3O3/c1-6(16)13-2-3-18-9-5-7(12)4-8-10(9)15-11(17)14-8/h4-5H,2-3H2,1H3,(H,13,16)(H2,14,15,17). The molecule has 1 aromatic carbocycles. The Labute approximate surface area is 107 Å². The van der Waals surface area contributed by atoms with E-state index in [1.807, 2.05) is 0 Å². The van der Waals surface area contributed by atoms with E-state index in [1.54, 1.807) is 12.1 Å². The highest BCUT2D eigenvalue weighted by Gasteiger charge is 2.07. The molecule has 0 unspecified atom stereocenters. The molecule has 1 aromatic heterocycles. The van der Waals surface area contributed by atoms with E-state index in [-0.39, 0.29) is 11.6 Å². The lowest BCUT2D eigenvalue weighted by atomic mass is 10.3. The van der Waals surface area contributed by atoms with Crippen LogP contribution in [-0.2, 0) is 4.79 Å². The molecule has 0 radical (unpaired) electrons. The minimum Gasteiger partial charge on any atom is -0.489 e. The second kappa shape index (κ2) is 5.14. The number of carbonyl (C=O) groups is 1. The van der Waals surface area contributed by atoms with Crippen LogP contribution in [0.15, 0.2) is 16.9 Å². The number of amides is 1. The van der Waals surface area contributed by atoms with Crippen LogP contribution in [0.5, 0.6) is 5.75 Å². The van der Waals surface area contributed by atoms with E-state index >= 15 is 0 Å². The molecule has 0 fully saturated rings. The molecule has 0 aliphatic heterocycles. The van der Waals surface area contributed by atoms with Crippen molar-refractivity contribution in [1.29, 1.82) is 0 Å². The molecular weight excluding hydrogens is 258 g/mol. The van der Waals surface area contributed by atoms with Crippen LogP contribution in [0, 0.1) is 0 Å². The van der Waals surface area contributed by atoms with E-state index in [1.165, 1.54) is 6.92 Å². The Morgan fingerprint density at radius 1 is 1.44 bits per heavy atom. The molecule has 7 heteroatoms. The fourth-order valence-corrected chi connectivity index (χ4v) is 1.79. The lowest BCUT2D eigenvalue weighted by Gasteiger charge is -2.07. The molecule has 6 nitrogen and oxygen atoms in total. The van der Waals surface area contributed by atoms with Crippen LogP contribution in [0.3, 0.4) is 0 Å². The molecule has 0 spiro atoms. The Hall–Kier alpha value is -1.95. The van der Waals surface area contributed by atoms with Crippen LogP contribution in [0.1, 0.15) is 6.92 Å². The summed E-state index contributed by atoms with van der Waals surface area (Å²) in [6.45, 7) is 2.11. The second-order valence-electron chi connectivity index (χ2n) is 3.74. The zero-order chi connectivity index (χ0) is 13.1. The topological polar surface area (TPSA) is 87.0 Å². The van der Waals surface area contributed by atoms with E-state index < -0.39 is 0 Å². The maximum atomic E-state index is 11.2. The van der Waals surface area contributed by atoms with E-state index in [9.17, 15) is 9.59 Å². The van der Waals surface area contributed by atoms with Gasteiger partial charge in [-0.1, -0.05) is 11.6 Å². The van der Waals surface area contributed by atoms with Crippen molar-refractivity contribution in [3.05, 3.63) is 27.6 Å². The average molecular weight is 270 g/mol. The normalized spacial score (nSPS) is 10.6. The van der Waals surface area contributed by atoms with Crippen LogP contribution in [0.25, 0.3) is 11.0 Å². The number of carbonyl (C=O) groups excluding carboxylic acids is 1. The van der Waals surface area contributed by atoms with Crippen molar-refractivity contribution >= 4 is 28.5 Å². The summed E-state index contributed by atoms with van der Waals surface area (Å²) in [5.41, 5.74) is 0.827. The number of hydrogen-bond donors (Lipinski definition) is 3. The van der Waals surface area contributed by atoms with Crippen LogP contribution in [-0.4, -0.2) is 29.0 Å². The van der Waals surface area contributed by atoms with Gasteiger partial charge in [-0.2, -0.15) is 0 Å². The zero-order valence-corrected chi connectivity index (χ0v) is 10.4. The van der Waals surface area contributed by atoms with Gasteiger partial charge in [0.05, 0.1) is 12.1 Å². The van der Waals surface area contributed by atoms with E-state index in [0.717, 1.165) is 0 Å². The third kappa shape index (κ3) is 2.84. The number of H-pyrrole nitrogens is 2. The zero-order valence-electron chi connectivity index (χ0n) is 9.67. The molecule has 0 bridgehead atoms. The first-order chi connectivity index (χ1) is 8.56. The molecule has 0 aliphatic carbocycles. The molecule has 3 N–H and O–H groups in total. The summed E-state index contributed by atoms with van der Waals surface area (Å²) < 4.78 is 5.47. The van der Waals surface area contributed by atoms with Crippen molar-refractivity contribution in [2.24, 2.45) is 0 Å². The third-order valence-corrected chi connectivity index (χ3v) is 2.51. The molecule has 2 rings (SSSR count). The number of rotatable bonds is 4. The van der Waals surface area contributed by atoms with Crippen molar-refractivity contribution in [2.75, 3.05) is 13.2 Å². The third-order valence-electron chi connectivity index (χ3n) is 2.29. The maximum absolute atomic E-state index is 11.2. The number of imidazole rings is 1. The van der Waals surface area contributed by atoms with Crippen LogP contribution >= 0.6 is 11.6 Å². The van der Waals surface area contributed by atoms with Crippen molar-refractivity contribution in [3.8, 4) is 5.75 Å². The molecule has 1 amide bonds. The molecule has 2 aromatic rings. The molecule has 96 valence electrons. The first kappa shape index (κ1) is 12.5. The Morgan fingerprint density at radius 2 is 2.22 bits per heavy atom. The van der Waals surface area contributed by atoms with Crippen molar-refractivity contribution in [1.82, 2.24) is 15.3 Å². The summed E-state index contributed by atoms with van der Waals surface area (Å²) in [6.07, 6.45) is 0. The minimum absolute atomic E-state index is 0.120. The minimum atomic E-state index is -0.320. The average Bonchev–Trinajstić information content (AvgIpc) is 2.64. The fourth-order valence-electron chi connectivity index (χ4n) is 1.58. The highest BCUT2D eigenvalue weighted by Crippen LogP contribution is 2.26. The Morgan fingerprint density at radius 3 is 2.94 bits per heavy atom. The number of hydrogen-bond acceptors (Lipinski definition) is 3. The lowest BCUT2D eigenvalue weighted by Crippen LogP contribution is -2.25. The van der Waals surface area contributed by atoms with Gasteiger partial charge in [0.1, 0.15) is 17.9 Å². The van der Waals surface area contributed by atoms with Gasteiger partial charge in [0, 0.05) is 18.0 Å². The number of fused-ring (bicyclic) bond motifs is 1. The van der Waals surface area contributed by atoms with Crippen molar-refractivity contribution < 1.29 is 9.53 Å². The van der Waals surface area contributed by atoms with Gasteiger partial charge in [0.25, 0.3) is 0 Å². The Bertz CT molecular complexity index is 632. The number of aromatic nitrogens is 2. The molecule has 1 heterocycles. The summed E-state index contributed by atoms with van der Waals surface area (Å²) in [4.78, 5) is 27.1. The smallest absolute Gasteiger partial charge is 0.323 e. The SMILES string of the molecule is CC(=O)NCCOc1cc(Cl)cc2[nH]c(=O)[nH]c12. The van der Waals surface area contributed by atoms with Crippen LogP contribution in [0.4, 0.5) is 0 Å². The predicted octanol–water partition coefficient (Wildman–Crippen LogP) is 1.02. The van der Waals surface area contributed by atoms with Gasteiger partial charge in [0.15, 0.2) is 0 Å². The Kier molecular flexibility index (Phi) is 3.57. The van der Waals surface area contributed by atoms with E-state index in [2.05, 4.69) is 15.3 Å². The molecule has 0 saturated carbocycles. The van der Waals surface area contributed by atoms with Crippen LogP contribution < -0.4 is 15.7 Å². The lowest BCUT2D eigenvalue weighted by molar-refractivity contribution is -0.119. The maximum Gasteiger partial charge on any atom is 0.323 e. The second-order valence-corrected chi connectivity index (χ2v) is 4.17. The molecular formula is C11H12ClN3O3. The van der Waals surface area contributed by atoms with Gasteiger partial charge < -0.3 is 20.0 Å². The summed E-state index contributed by atoms with van der Waals surface area (Å²) in [5.74, 6) is 0.353.